The van der Waals surface area contributed by atoms with Crippen LogP contribution < -0.4 is 0 Å². The van der Waals surface area contributed by atoms with Gasteiger partial charge in [0.05, 0.1) is 5.38 Å². The number of ether oxygens (including phenoxy) is 3. The molecule has 1 unspecified atom stereocenters. The van der Waals surface area contributed by atoms with Crippen LogP contribution in [0, 0.1) is 0 Å². The third-order valence-electron chi connectivity index (χ3n) is 4.64. The van der Waals surface area contributed by atoms with Gasteiger partial charge in [0, 0.05) is 35.1 Å². The van der Waals surface area contributed by atoms with Crippen molar-refractivity contribution in [3.05, 3.63) is 70.4 Å². The van der Waals surface area contributed by atoms with Gasteiger partial charge in [0.15, 0.2) is 0 Å². The minimum Gasteiger partial charge on any atom is -0.488 e. The molecule has 0 aromatic rings. The summed E-state index contributed by atoms with van der Waals surface area (Å²) in [6, 6.07) is 0. The molecule has 27 heavy (non-hydrogen) atoms. The molecular weight excluding hydrogens is 364 g/mol. The standard InChI is InChI=1S/C21H23ClN2O3/c1-24(2)8-4-9-25-13-19-23-12-17-18(22)7-6-15-16(21(17)27-19)11-14-5-3-10-26-20(14)15/h3,5-7,11-12,18H,4,8-10,13H2,1-2H3. The van der Waals surface area contributed by atoms with Crippen molar-refractivity contribution in [3.8, 4) is 0 Å². The van der Waals surface area contributed by atoms with Crippen LogP contribution in [0.4, 0.5) is 0 Å². The molecule has 0 saturated heterocycles. The summed E-state index contributed by atoms with van der Waals surface area (Å²) in [6.45, 7) is 2.58. The molecule has 2 aliphatic carbocycles. The van der Waals surface area contributed by atoms with E-state index >= 15 is 0 Å². The zero-order valence-corrected chi connectivity index (χ0v) is 16.3. The molecular formula is C21H23ClN2O3. The van der Waals surface area contributed by atoms with Crippen LogP contribution in [0.2, 0.25) is 0 Å². The van der Waals surface area contributed by atoms with Gasteiger partial charge in [0.2, 0.25) is 5.90 Å². The minimum atomic E-state index is -0.298. The molecule has 0 aromatic carbocycles. The molecule has 0 saturated carbocycles. The Kier molecular flexibility index (Phi) is 5.34. The Labute approximate surface area is 164 Å². The summed E-state index contributed by atoms with van der Waals surface area (Å²) in [5.74, 6) is 2.17. The molecule has 2 heterocycles. The van der Waals surface area contributed by atoms with Gasteiger partial charge in [-0.1, -0.05) is 18.2 Å². The number of hydrogen-bond donors (Lipinski definition) is 0. The van der Waals surface area contributed by atoms with E-state index in [-0.39, 0.29) is 5.38 Å². The highest BCUT2D eigenvalue weighted by Crippen LogP contribution is 2.42. The van der Waals surface area contributed by atoms with Crippen LogP contribution in [0.3, 0.4) is 0 Å². The van der Waals surface area contributed by atoms with E-state index in [0.717, 1.165) is 46.8 Å². The molecule has 6 heteroatoms. The van der Waals surface area contributed by atoms with Crippen LogP contribution in [0.5, 0.6) is 0 Å². The summed E-state index contributed by atoms with van der Waals surface area (Å²) >= 11 is 6.53. The van der Waals surface area contributed by atoms with Gasteiger partial charge >= 0.3 is 0 Å². The summed E-state index contributed by atoms with van der Waals surface area (Å²) in [4.78, 5) is 6.54. The van der Waals surface area contributed by atoms with Gasteiger partial charge in [0.25, 0.3) is 0 Å². The second-order valence-electron chi connectivity index (χ2n) is 6.98. The fourth-order valence-electron chi connectivity index (χ4n) is 3.32. The Morgan fingerprint density at radius 2 is 2.15 bits per heavy atom. The van der Waals surface area contributed by atoms with Gasteiger partial charge in [-0.05, 0) is 39.2 Å². The molecule has 4 rings (SSSR count). The number of allylic oxidation sites excluding steroid dienone is 7. The first-order chi connectivity index (χ1) is 13.1. The maximum atomic E-state index is 6.53. The van der Waals surface area contributed by atoms with Crippen molar-refractivity contribution >= 4 is 17.5 Å². The predicted octanol–water partition coefficient (Wildman–Crippen LogP) is 3.48. The van der Waals surface area contributed by atoms with Crippen molar-refractivity contribution in [3.63, 3.8) is 0 Å². The summed E-state index contributed by atoms with van der Waals surface area (Å²) in [5.41, 5.74) is 3.90. The fourth-order valence-corrected chi connectivity index (χ4v) is 3.55. The number of nitrogens with zero attached hydrogens (tertiary/aromatic N) is 2. The van der Waals surface area contributed by atoms with Crippen LogP contribution in [-0.2, 0) is 14.2 Å². The minimum absolute atomic E-state index is 0.298. The average Bonchev–Trinajstić information content (AvgIpc) is 2.97. The Balaban J connectivity index is 1.54. The van der Waals surface area contributed by atoms with E-state index in [0.29, 0.717) is 25.7 Å². The number of hydrogen-bond acceptors (Lipinski definition) is 5. The first-order valence-corrected chi connectivity index (χ1v) is 9.57. The topological polar surface area (TPSA) is 43.3 Å². The smallest absolute Gasteiger partial charge is 0.220 e. The third-order valence-corrected chi connectivity index (χ3v) is 5.02. The lowest BCUT2D eigenvalue weighted by Crippen LogP contribution is -2.21. The lowest BCUT2D eigenvalue weighted by atomic mass is 10.1. The van der Waals surface area contributed by atoms with Crippen LogP contribution in [0.15, 0.2) is 75.4 Å². The molecule has 0 amide bonds. The quantitative estimate of drug-likeness (QED) is 0.518. The van der Waals surface area contributed by atoms with Crippen molar-refractivity contribution in [1.82, 2.24) is 4.90 Å². The maximum absolute atomic E-state index is 6.53. The molecule has 0 bridgehead atoms. The second kappa shape index (κ2) is 7.89. The second-order valence-corrected chi connectivity index (χ2v) is 7.45. The summed E-state index contributed by atoms with van der Waals surface area (Å²) in [5, 5.41) is -0.298. The van der Waals surface area contributed by atoms with Gasteiger partial charge in [0.1, 0.15) is 24.7 Å². The number of fused-ring (bicyclic) bond motifs is 3. The molecule has 4 aliphatic rings. The van der Waals surface area contributed by atoms with Gasteiger partial charge in [-0.3, -0.25) is 0 Å². The Bertz CT molecular complexity index is 843. The van der Waals surface area contributed by atoms with Gasteiger partial charge in [-0.15, -0.1) is 11.6 Å². The largest absolute Gasteiger partial charge is 0.488 e. The highest BCUT2D eigenvalue weighted by atomic mass is 35.5. The lowest BCUT2D eigenvalue weighted by molar-refractivity contribution is 0.147. The molecule has 0 spiro atoms. The number of aliphatic imine (C=N–C) groups is 1. The predicted molar refractivity (Wildman–Crippen MR) is 107 cm³/mol. The summed E-state index contributed by atoms with van der Waals surface area (Å²) in [6.07, 6.45) is 12.9. The van der Waals surface area contributed by atoms with E-state index in [1.807, 2.05) is 18.2 Å². The van der Waals surface area contributed by atoms with E-state index in [1.165, 1.54) is 0 Å². The molecule has 0 N–H and O–H groups in total. The number of rotatable bonds is 6. The van der Waals surface area contributed by atoms with Gasteiger partial charge in [-0.2, -0.15) is 0 Å². The molecule has 0 fully saturated rings. The Hall–Kier alpha value is -2.08. The molecule has 0 aromatic heterocycles. The van der Waals surface area contributed by atoms with Gasteiger partial charge in [-0.25, -0.2) is 4.99 Å². The Morgan fingerprint density at radius 3 is 3.00 bits per heavy atom. The summed E-state index contributed by atoms with van der Waals surface area (Å²) in [7, 11) is 4.10. The van der Waals surface area contributed by atoms with E-state index < -0.39 is 0 Å². The normalized spacial score (nSPS) is 23.1. The number of halogens is 1. The van der Waals surface area contributed by atoms with Crippen molar-refractivity contribution < 1.29 is 14.2 Å². The lowest BCUT2D eigenvalue weighted by Gasteiger charge is -2.21. The van der Waals surface area contributed by atoms with Crippen molar-refractivity contribution in [1.29, 1.82) is 0 Å². The van der Waals surface area contributed by atoms with E-state index in [4.69, 9.17) is 25.8 Å². The third kappa shape index (κ3) is 3.81. The highest BCUT2D eigenvalue weighted by Gasteiger charge is 2.32. The maximum Gasteiger partial charge on any atom is 0.220 e. The number of alkyl halides is 1. The van der Waals surface area contributed by atoms with Crippen LogP contribution >= 0.6 is 11.6 Å². The Morgan fingerprint density at radius 1 is 1.26 bits per heavy atom. The van der Waals surface area contributed by atoms with Crippen LogP contribution in [0.25, 0.3) is 0 Å². The van der Waals surface area contributed by atoms with E-state index in [1.54, 1.807) is 6.20 Å². The molecule has 1 atom stereocenters. The summed E-state index contributed by atoms with van der Waals surface area (Å²) < 4.78 is 17.7. The van der Waals surface area contributed by atoms with Crippen molar-refractivity contribution in [2.75, 3.05) is 40.5 Å². The van der Waals surface area contributed by atoms with Crippen LogP contribution in [0.1, 0.15) is 6.42 Å². The first kappa shape index (κ1) is 18.3. The van der Waals surface area contributed by atoms with Gasteiger partial charge < -0.3 is 19.1 Å². The highest BCUT2D eigenvalue weighted by molar-refractivity contribution is 6.24. The molecule has 5 nitrogen and oxygen atoms in total. The zero-order chi connectivity index (χ0) is 18.8. The molecule has 0 radical (unpaired) electrons. The van der Waals surface area contributed by atoms with E-state index in [2.05, 4.69) is 36.1 Å². The van der Waals surface area contributed by atoms with E-state index in [9.17, 15) is 0 Å². The van der Waals surface area contributed by atoms with Crippen molar-refractivity contribution in [2.24, 2.45) is 4.99 Å². The first-order valence-electron chi connectivity index (χ1n) is 9.13. The van der Waals surface area contributed by atoms with Crippen LogP contribution in [-0.4, -0.2) is 56.6 Å². The fraction of sp³-hybridized carbons (Fsp3) is 0.381. The average molecular weight is 387 g/mol. The molecule has 2 aliphatic heterocycles. The van der Waals surface area contributed by atoms with Crippen molar-refractivity contribution in [2.45, 2.75) is 11.8 Å². The SMILES string of the molecule is CN(C)CCCOCC1=NC=C2C(=C3C=C4C=CCOC4=C3C=CC2Cl)O1. The zero-order valence-electron chi connectivity index (χ0n) is 15.6. The molecule has 142 valence electrons. The monoisotopic (exact) mass is 386 g/mol.